The van der Waals surface area contributed by atoms with Gasteiger partial charge in [-0.25, -0.2) is 8.42 Å². The predicted octanol–water partition coefficient (Wildman–Crippen LogP) is 2.33. The van der Waals surface area contributed by atoms with Crippen LogP contribution in [0.15, 0.2) is 12.1 Å². The summed E-state index contributed by atoms with van der Waals surface area (Å²) in [5.74, 6) is 0.499. The molecule has 1 heterocycles. The number of carbonyl (C=O) groups is 1. The van der Waals surface area contributed by atoms with Crippen LogP contribution in [0.4, 0.5) is 0 Å². The van der Waals surface area contributed by atoms with Gasteiger partial charge in [0.25, 0.3) is 0 Å². The second kappa shape index (κ2) is 7.61. The van der Waals surface area contributed by atoms with Gasteiger partial charge in [-0.05, 0) is 38.5 Å². The van der Waals surface area contributed by atoms with Crippen LogP contribution in [0.5, 0.6) is 11.5 Å². The Morgan fingerprint density at radius 2 is 1.92 bits per heavy atom. The van der Waals surface area contributed by atoms with Crippen molar-refractivity contribution in [3.63, 3.8) is 0 Å². The van der Waals surface area contributed by atoms with Gasteiger partial charge in [0.2, 0.25) is 5.91 Å². The number of hydrogen-bond acceptors (Lipinski definition) is 5. The van der Waals surface area contributed by atoms with Crippen LogP contribution in [-0.2, 0) is 21.2 Å². The smallest absolute Gasteiger partial charge is 0.238 e. The third kappa shape index (κ3) is 4.13. The fourth-order valence-corrected chi connectivity index (χ4v) is 3.76. The molecule has 0 saturated heterocycles. The first-order chi connectivity index (χ1) is 11.2. The number of benzene rings is 1. The molecular weight excluding hydrogens is 354 g/mol. The zero-order valence-electron chi connectivity index (χ0n) is 14.0. The molecule has 2 rings (SSSR count). The molecule has 1 aromatic rings. The number of sulfone groups is 1. The average Bonchev–Trinajstić information content (AvgIpc) is 2.77. The molecule has 1 N–H and O–H groups in total. The molecule has 0 spiro atoms. The van der Waals surface area contributed by atoms with Crippen LogP contribution in [0, 0.1) is 0 Å². The van der Waals surface area contributed by atoms with E-state index in [1.165, 1.54) is 6.92 Å². The Kier molecular flexibility index (Phi) is 5.98. The molecule has 24 heavy (non-hydrogen) atoms. The van der Waals surface area contributed by atoms with Gasteiger partial charge >= 0.3 is 0 Å². The molecule has 0 aromatic heterocycles. The average molecular weight is 376 g/mol. The lowest BCUT2D eigenvalue weighted by molar-refractivity contribution is -0.120. The van der Waals surface area contributed by atoms with Crippen molar-refractivity contribution in [3.05, 3.63) is 22.7 Å². The molecule has 1 amide bonds. The molecule has 0 aliphatic carbocycles. The van der Waals surface area contributed by atoms with Gasteiger partial charge in [-0.15, -0.1) is 0 Å². The predicted molar refractivity (Wildman–Crippen MR) is 92.4 cm³/mol. The summed E-state index contributed by atoms with van der Waals surface area (Å²) in [7, 11) is -3.49. The standard InChI is InChI=1S/C16H22ClNO5S/c1-10(2)24(20,21)11(3)16(19)18-9-12-7-13(17)15-14(8-12)22-5-4-6-23-15/h7-8,10-11H,4-6,9H2,1-3H3,(H,18,19). The van der Waals surface area contributed by atoms with Crippen LogP contribution in [0.2, 0.25) is 5.02 Å². The summed E-state index contributed by atoms with van der Waals surface area (Å²) in [6.45, 7) is 5.74. The lowest BCUT2D eigenvalue weighted by Gasteiger charge is -2.16. The molecule has 0 saturated carbocycles. The summed E-state index contributed by atoms with van der Waals surface area (Å²) in [5, 5.41) is 1.33. The molecule has 0 bridgehead atoms. The fraction of sp³-hybridized carbons (Fsp3) is 0.562. The Balaban J connectivity index is 2.08. The van der Waals surface area contributed by atoms with Crippen molar-refractivity contribution in [1.82, 2.24) is 5.32 Å². The Labute approximate surface area is 147 Å². The van der Waals surface area contributed by atoms with Gasteiger partial charge in [-0.3, -0.25) is 4.79 Å². The number of hydrogen-bond donors (Lipinski definition) is 1. The lowest BCUT2D eigenvalue weighted by Crippen LogP contribution is -2.40. The minimum absolute atomic E-state index is 0.160. The molecule has 0 fully saturated rings. The van der Waals surface area contributed by atoms with Crippen molar-refractivity contribution in [2.75, 3.05) is 13.2 Å². The number of rotatable bonds is 5. The van der Waals surface area contributed by atoms with E-state index >= 15 is 0 Å². The third-order valence-electron chi connectivity index (χ3n) is 3.85. The molecule has 0 radical (unpaired) electrons. The third-order valence-corrected chi connectivity index (χ3v) is 6.64. The SMILES string of the molecule is CC(C)S(=O)(=O)C(C)C(=O)NCc1cc(Cl)c2c(c1)OCCCO2. The maximum atomic E-state index is 12.1. The summed E-state index contributed by atoms with van der Waals surface area (Å²) in [6.07, 6.45) is 0.766. The monoisotopic (exact) mass is 375 g/mol. The second-order valence-electron chi connectivity index (χ2n) is 5.95. The maximum Gasteiger partial charge on any atom is 0.238 e. The van der Waals surface area contributed by atoms with Crippen molar-refractivity contribution in [3.8, 4) is 11.5 Å². The van der Waals surface area contributed by atoms with Crippen molar-refractivity contribution in [1.29, 1.82) is 0 Å². The van der Waals surface area contributed by atoms with E-state index in [0.29, 0.717) is 35.3 Å². The Morgan fingerprint density at radius 1 is 1.25 bits per heavy atom. The highest BCUT2D eigenvalue weighted by Crippen LogP contribution is 2.37. The topological polar surface area (TPSA) is 81.7 Å². The molecule has 1 aromatic carbocycles. The number of amides is 1. The zero-order chi connectivity index (χ0) is 17.9. The number of ether oxygens (including phenoxy) is 2. The molecule has 134 valence electrons. The Hall–Kier alpha value is -1.47. The van der Waals surface area contributed by atoms with Gasteiger partial charge in [-0.2, -0.15) is 0 Å². The lowest BCUT2D eigenvalue weighted by atomic mass is 10.2. The van der Waals surface area contributed by atoms with Crippen LogP contribution >= 0.6 is 11.6 Å². The van der Waals surface area contributed by atoms with Gasteiger partial charge in [0.15, 0.2) is 21.3 Å². The van der Waals surface area contributed by atoms with Gasteiger partial charge in [0.05, 0.1) is 23.5 Å². The Morgan fingerprint density at radius 3 is 2.58 bits per heavy atom. The Bertz CT molecular complexity index is 717. The summed E-state index contributed by atoms with van der Waals surface area (Å²) >= 11 is 6.20. The van der Waals surface area contributed by atoms with E-state index < -0.39 is 26.2 Å². The van der Waals surface area contributed by atoms with Crippen LogP contribution in [0.25, 0.3) is 0 Å². The summed E-state index contributed by atoms with van der Waals surface area (Å²) in [6, 6.07) is 3.42. The van der Waals surface area contributed by atoms with Gasteiger partial charge in [0.1, 0.15) is 5.25 Å². The molecule has 1 aliphatic rings. The largest absolute Gasteiger partial charge is 0.489 e. The fourth-order valence-electron chi connectivity index (χ4n) is 2.28. The molecule has 6 nitrogen and oxygen atoms in total. The number of halogens is 1. The van der Waals surface area contributed by atoms with Gasteiger partial charge in [-0.1, -0.05) is 11.6 Å². The van der Waals surface area contributed by atoms with Crippen molar-refractivity contribution >= 4 is 27.3 Å². The maximum absolute atomic E-state index is 12.1. The summed E-state index contributed by atoms with van der Waals surface area (Å²) in [5.41, 5.74) is 0.715. The quantitative estimate of drug-likeness (QED) is 0.854. The van der Waals surface area contributed by atoms with E-state index in [1.54, 1.807) is 26.0 Å². The van der Waals surface area contributed by atoms with Crippen LogP contribution < -0.4 is 14.8 Å². The molecular formula is C16H22ClNO5S. The first-order valence-electron chi connectivity index (χ1n) is 7.82. The first-order valence-corrected chi connectivity index (χ1v) is 9.80. The van der Waals surface area contributed by atoms with E-state index in [2.05, 4.69) is 5.32 Å². The van der Waals surface area contributed by atoms with E-state index in [-0.39, 0.29) is 6.54 Å². The van der Waals surface area contributed by atoms with E-state index in [1.807, 2.05) is 0 Å². The minimum Gasteiger partial charge on any atom is -0.489 e. The van der Waals surface area contributed by atoms with Gasteiger partial charge < -0.3 is 14.8 Å². The molecule has 1 unspecified atom stereocenters. The highest BCUT2D eigenvalue weighted by atomic mass is 35.5. The zero-order valence-corrected chi connectivity index (χ0v) is 15.5. The number of fused-ring (bicyclic) bond motifs is 1. The van der Waals surface area contributed by atoms with Crippen molar-refractivity contribution in [2.45, 2.75) is 44.2 Å². The van der Waals surface area contributed by atoms with E-state index in [0.717, 1.165) is 6.42 Å². The number of carbonyl (C=O) groups excluding carboxylic acids is 1. The van der Waals surface area contributed by atoms with Gasteiger partial charge in [0, 0.05) is 13.0 Å². The van der Waals surface area contributed by atoms with E-state index in [9.17, 15) is 13.2 Å². The van der Waals surface area contributed by atoms with Crippen molar-refractivity contribution < 1.29 is 22.7 Å². The summed E-state index contributed by atoms with van der Waals surface area (Å²) < 4.78 is 35.2. The normalized spacial score (nSPS) is 15.7. The molecule has 1 aliphatic heterocycles. The van der Waals surface area contributed by atoms with Crippen LogP contribution in [0.3, 0.4) is 0 Å². The highest BCUT2D eigenvalue weighted by Gasteiger charge is 2.30. The summed E-state index contributed by atoms with van der Waals surface area (Å²) in [4.78, 5) is 12.1. The first kappa shape index (κ1) is 18.9. The highest BCUT2D eigenvalue weighted by molar-refractivity contribution is 7.93. The second-order valence-corrected chi connectivity index (χ2v) is 9.19. The van der Waals surface area contributed by atoms with Crippen LogP contribution in [-0.4, -0.2) is 38.0 Å². The van der Waals surface area contributed by atoms with E-state index in [4.69, 9.17) is 21.1 Å². The molecule has 8 heteroatoms. The number of nitrogens with one attached hydrogen (secondary N) is 1. The molecule has 1 atom stereocenters. The minimum atomic E-state index is -3.49. The van der Waals surface area contributed by atoms with Crippen LogP contribution in [0.1, 0.15) is 32.8 Å². The van der Waals surface area contributed by atoms with Crippen molar-refractivity contribution in [2.24, 2.45) is 0 Å².